The molecule has 0 heterocycles. The normalized spacial score (nSPS) is 14.1. The van der Waals surface area contributed by atoms with Gasteiger partial charge in [0.1, 0.15) is 5.60 Å². The van der Waals surface area contributed by atoms with Gasteiger partial charge >= 0.3 is 11.9 Å². The summed E-state index contributed by atoms with van der Waals surface area (Å²) in [7, 11) is 0. The van der Waals surface area contributed by atoms with Crippen molar-refractivity contribution >= 4 is 11.9 Å². The van der Waals surface area contributed by atoms with Crippen LogP contribution in [0.4, 0.5) is 0 Å². The van der Waals surface area contributed by atoms with E-state index in [1.54, 1.807) is 12.1 Å². The Kier molecular flexibility index (Phi) is 8.40. The zero-order chi connectivity index (χ0) is 21.3. The molecular weight excluding hydrogens is 368 g/mol. The molecule has 2 aromatic rings. The Bertz CT molecular complexity index is 785. The lowest BCUT2D eigenvalue weighted by Gasteiger charge is -2.38. The summed E-state index contributed by atoms with van der Waals surface area (Å²) in [6.45, 7) is 2.12. The molecule has 0 aliphatic rings. The molecule has 2 rings (SSSR count). The number of aromatic carboxylic acids is 1. The second-order valence-electron chi connectivity index (χ2n) is 7.49. The molecule has 0 radical (unpaired) electrons. The molecule has 29 heavy (non-hydrogen) atoms. The van der Waals surface area contributed by atoms with E-state index in [1.807, 2.05) is 30.3 Å². The van der Waals surface area contributed by atoms with Gasteiger partial charge < -0.3 is 15.3 Å². The van der Waals surface area contributed by atoms with Gasteiger partial charge in [0.2, 0.25) is 0 Å². The first-order chi connectivity index (χ1) is 13.9. The number of benzene rings is 2. The van der Waals surface area contributed by atoms with Crippen LogP contribution >= 0.6 is 0 Å². The summed E-state index contributed by atoms with van der Waals surface area (Å²) in [4.78, 5) is 22.2. The van der Waals surface area contributed by atoms with Crippen molar-refractivity contribution in [3.05, 3.63) is 71.3 Å². The fraction of sp³-hybridized carbons (Fsp3) is 0.417. The Morgan fingerprint density at radius 1 is 0.862 bits per heavy atom. The molecule has 5 heteroatoms. The van der Waals surface area contributed by atoms with Gasteiger partial charge in [0.15, 0.2) is 0 Å². The Hall–Kier alpha value is -2.66. The van der Waals surface area contributed by atoms with E-state index >= 15 is 0 Å². The molecular formula is C24H30O5. The quantitative estimate of drug-likeness (QED) is 0.434. The van der Waals surface area contributed by atoms with Crippen LogP contribution in [0.25, 0.3) is 0 Å². The van der Waals surface area contributed by atoms with Gasteiger partial charge in [0, 0.05) is 6.42 Å². The van der Waals surface area contributed by atoms with Crippen LogP contribution in [-0.4, -0.2) is 27.3 Å². The number of hydrogen-bond donors (Lipinski definition) is 3. The highest BCUT2D eigenvalue weighted by molar-refractivity contribution is 5.87. The summed E-state index contributed by atoms with van der Waals surface area (Å²) in [5.41, 5.74) is 0.216. The average molecular weight is 398 g/mol. The Morgan fingerprint density at radius 3 is 2.00 bits per heavy atom. The third kappa shape index (κ3) is 5.91. The molecule has 5 nitrogen and oxygen atoms in total. The van der Waals surface area contributed by atoms with E-state index in [1.165, 1.54) is 12.1 Å². The van der Waals surface area contributed by atoms with Crippen LogP contribution in [0.5, 0.6) is 0 Å². The fourth-order valence-electron chi connectivity index (χ4n) is 3.90. The molecule has 0 saturated heterocycles. The fourth-order valence-corrected chi connectivity index (χ4v) is 3.90. The average Bonchev–Trinajstić information content (AvgIpc) is 2.72. The smallest absolute Gasteiger partial charge is 0.335 e. The number of aliphatic hydroxyl groups is 1. The summed E-state index contributed by atoms with van der Waals surface area (Å²) in [5.74, 6) is -2.03. The van der Waals surface area contributed by atoms with Crippen molar-refractivity contribution in [2.45, 2.75) is 57.5 Å². The predicted molar refractivity (Wildman–Crippen MR) is 112 cm³/mol. The third-order valence-corrected chi connectivity index (χ3v) is 5.48. The second-order valence-corrected chi connectivity index (χ2v) is 7.49. The van der Waals surface area contributed by atoms with E-state index in [0.29, 0.717) is 18.4 Å². The highest BCUT2D eigenvalue weighted by Gasteiger charge is 2.39. The molecule has 2 aromatic carbocycles. The van der Waals surface area contributed by atoms with Crippen LogP contribution < -0.4 is 0 Å². The molecule has 0 saturated carbocycles. The first kappa shape index (κ1) is 22.6. The zero-order valence-electron chi connectivity index (χ0n) is 16.9. The van der Waals surface area contributed by atoms with Gasteiger partial charge in [-0.05, 0) is 48.4 Å². The molecule has 156 valence electrons. The summed E-state index contributed by atoms with van der Waals surface area (Å²) >= 11 is 0. The maximum Gasteiger partial charge on any atom is 0.335 e. The van der Waals surface area contributed by atoms with E-state index in [9.17, 15) is 19.8 Å². The molecule has 0 bridgehead atoms. The standard InChI is InChI=1S/C24H30O5/c1-2-3-5-9-20(12-8-13-22(25)26)24(29,19-10-6-4-7-11-19)21-16-14-18(15-17-21)23(27)28/h4,6-7,10-11,14-17,20,29H,2-3,5,8-9,12-13H2,1H3,(H,25,26)(H,27,28). The maximum atomic E-state index is 12.0. The van der Waals surface area contributed by atoms with E-state index in [0.717, 1.165) is 31.2 Å². The van der Waals surface area contributed by atoms with Gasteiger partial charge in [0.05, 0.1) is 5.56 Å². The molecule has 0 spiro atoms. The molecule has 0 fully saturated rings. The van der Waals surface area contributed by atoms with Crippen LogP contribution in [-0.2, 0) is 10.4 Å². The molecule has 3 N–H and O–H groups in total. The van der Waals surface area contributed by atoms with Crippen molar-refractivity contribution < 1.29 is 24.9 Å². The molecule has 2 unspecified atom stereocenters. The summed E-state index contributed by atoms with van der Waals surface area (Å²) < 4.78 is 0. The minimum atomic E-state index is -1.31. The van der Waals surface area contributed by atoms with Crippen molar-refractivity contribution in [2.24, 2.45) is 5.92 Å². The lowest BCUT2D eigenvalue weighted by molar-refractivity contribution is -0.137. The lowest BCUT2D eigenvalue weighted by Crippen LogP contribution is -2.37. The largest absolute Gasteiger partial charge is 0.481 e. The number of rotatable bonds is 12. The minimum absolute atomic E-state index is 0.0626. The maximum absolute atomic E-state index is 12.0. The van der Waals surface area contributed by atoms with Crippen molar-refractivity contribution in [1.82, 2.24) is 0 Å². The van der Waals surface area contributed by atoms with Crippen LogP contribution in [0.3, 0.4) is 0 Å². The SMILES string of the molecule is CCCCCC(CCCC(=O)O)C(O)(c1ccccc1)c1ccc(C(=O)O)cc1. The predicted octanol–water partition coefficient (Wildman–Crippen LogP) is 5.07. The first-order valence-electron chi connectivity index (χ1n) is 10.2. The second kappa shape index (κ2) is 10.8. The summed E-state index contributed by atoms with van der Waals surface area (Å²) in [6.07, 6.45) is 4.91. The van der Waals surface area contributed by atoms with E-state index < -0.39 is 17.5 Å². The van der Waals surface area contributed by atoms with Gasteiger partial charge in [0.25, 0.3) is 0 Å². The lowest BCUT2D eigenvalue weighted by atomic mass is 9.72. The van der Waals surface area contributed by atoms with E-state index in [-0.39, 0.29) is 17.9 Å². The first-order valence-corrected chi connectivity index (χ1v) is 10.2. The minimum Gasteiger partial charge on any atom is -0.481 e. The Balaban J connectivity index is 2.45. The van der Waals surface area contributed by atoms with E-state index in [4.69, 9.17) is 5.11 Å². The molecule has 0 aliphatic carbocycles. The van der Waals surface area contributed by atoms with Crippen LogP contribution in [0, 0.1) is 5.92 Å². The van der Waals surface area contributed by atoms with Crippen molar-refractivity contribution in [2.75, 3.05) is 0 Å². The van der Waals surface area contributed by atoms with Gasteiger partial charge in [-0.3, -0.25) is 4.79 Å². The van der Waals surface area contributed by atoms with Crippen molar-refractivity contribution in [3.63, 3.8) is 0 Å². The third-order valence-electron chi connectivity index (χ3n) is 5.48. The zero-order valence-corrected chi connectivity index (χ0v) is 16.9. The number of carboxylic acid groups (broad SMARTS) is 2. The summed E-state index contributed by atoms with van der Waals surface area (Å²) in [5, 5.41) is 30.3. The summed E-state index contributed by atoms with van der Waals surface area (Å²) in [6, 6.07) is 15.7. The van der Waals surface area contributed by atoms with Gasteiger partial charge in [-0.2, -0.15) is 0 Å². The molecule has 2 atom stereocenters. The van der Waals surface area contributed by atoms with Gasteiger partial charge in [-0.25, -0.2) is 4.79 Å². The van der Waals surface area contributed by atoms with Crippen LogP contribution in [0.2, 0.25) is 0 Å². The number of unbranched alkanes of at least 4 members (excludes halogenated alkanes) is 2. The molecule has 0 amide bonds. The topological polar surface area (TPSA) is 94.8 Å². The van der Waals surface area contributed by atoms with Crippen LogP contribution in [0.15, 0.2) is 54.6 Å². The monoisotopic (exact) mass is 398 g/mol. The number of carbonyl (C=O) groups is 2. The highest BCUT2D eigenvalue weighted by atomic mass is 16.4. The van der Waals surface area contributed by atoms with Gasteiger partial charge in [-0.1, -0.05) is 68.7 Å². The number of hydrogen-bond acceptors (Lipinski definition) is 3. The van der Waals surface area contributed by atoms with Crippen LogP contribution in [0.1, 0.15) is 73.4 Å². The molecule has 0 aliphatic heterocycles. The Morgan fingerprint density at radius 2 is 1.45 bits per heavy atom. The number of carboxylic acids is 2. The van der Waals surface area contributed by atoms with E-state index in [2.05, 4.69) is 6.92 Å². The van der Waals surface area contributed by atoms with Crippen molar-refractivity contribution in [1.29, 1.82) is 0 Å². The number of aliphatic carboxylic acids is 1. The highest BCUT2D eigenvalue weighted by Crippen LogP contribution is 2.42. The van der Waals surface area contributed by atoms with Crippen molar-refractivity contribution in [3.8, 4) is 0 Å². The van der Waals surface area contributed by atoms with Gasteiger partial charge in [-0.15, -0.1) is 0 Å². The Labute approximate surface area is 172 Å². The molecule has 0 aromatic heterocycles.